The molecule has 16 heavy (non-hydrogen) atoms. The summed E-state index contributed by atoms with van der Waals surface area (Å²) in [5, 5.41) is 10.4. The van der Waals surface area contributed by atoms with Gasteiger partial charge in [0.25, 0.3) is 0 Å². The molecule has 7 heteroatoms. The predicted molar refractivity (Wildman–Crippen MR) is 56.9 cm³/mol. The number of carbonyl (C=O) groups is 1. The van der Waals surface area contributed by atoms with Crippen molar-refractivity contribution in [3.05, 3.63) is 34.1 Å². The van der Waals surface area contributed by atoms with E-state index in [0.717, 1.165) is 7.11 Å². The van der Waals surface area contributed by atoms with Crippen molar-refractivity contribution in [3.8, 4) is 0 Å². The highest BCUT2D eigenvalue weighted by molar-refractivity contribution is 6.69. The van der Waals surface area contributed by atoms with Gasteiger partial charge in [-0.05, 0) is 12.1 Å². The van der Waals surface area contributed by atoms with Crippen LogP contribution in [0.25, 0.3) is 0 Å². The summed E-state index contributed by atoms with van der Waals surface area (Å²) in [6, 6.07) is 2.44. The van der Waals surface area contributed by atoms with Crippen LogP contribution in [0.3, 0.4) is 0 Å². The molecule has 0 saturated heterocycles. The average molecular weight is 266 g/mol. The van der Waals surface area contributed by atoms with Crippen molar-refractivity contribution in [1.29, 1.82) is 0 Å². The van der Waals surface area contributed by atoms with E-state index in [1.54, 1.807) is 0 Å². The molecule has 86 valence electrons. The van der Waals surface area contributed by atoms with E-state index in [9.17, 15) is 9.18 Å². The average Bonchev–Trinajstić information content (AvgIpc) is 2.28. The van der Waals surface area contributed by atoms with Gasteiger partial charge in [0, 0.05) is 0 Å². The molecule has 0 fully saturated rings. The molecule has 0 atom stereocenters. The van der Waals surface area contributed by atoms with Crippen LogP contribution in [0.2, 0.25) is 5.02 Å². The van der Waals surface area contributed by atoms with Crippen LogP contribution in [0.1, 0.15) is 15.9 Å². The van der Waals surface area contributed by atoms with Crippen LogP contribution >= 0.6 is 23.2 Å². The lowest BCUT2D eigenvalue weighted by Crippen LogP contribution is -2.09. The lowest BCUT2D eigenvalue weighted by molar-refractivity contribution is 0.0595. The summed E-state index contributed by atoms with van der Waals surface area (Å²) in [7, 11) is 1.09. The molecule has 1 aromatic carbocycles. The maximum Gasteiger partial charge on any atom is 0.342 e. The molecule has 0 radical (unpaired) electrons. The van der Waals surface area contributed by atoms with Gasteiger partial charge in [0.2, 0.25) is 0 Å². The quantitative estimate of drug-likeness (QED) is 0.387. The number of benzene rings is 1. The monoisotopic (exact) mass is 265 g/mol. The van der Waals surface area contributed by atoms with Crippen LogP contribution in [0.4, 0.5) is 4.39 Å². The largest absolute Gasteiger partial charge is 0.465 e. The topological polar surface area (TPSA) is 58.9 Å². The van der Waals surface area contributed by atoms with E-state index >= 15 is 0 Å². The SMILES string of the molecule is COC(=O)c1c(Cl)ccc(/C(Cl)=N/O)c1F. The number of hydrogen-bond donors (Lipinski definition) is 1. The Balaban J connectivity index is 3.44. The van der Waals surface area contributed by atoms with Crippen LogP contribution < -0.4 is 0 Å². The smallest absolute Gasteiger partial charge is 0.342 e. The zero-order chi connectivity index (χ0) is 12.3. The van der Waals surface area contributed by atoms with Crippen LogP contribution in [0.5, 0.6) is 0 Å². The van der Waals surface area contributed by atoms with Crippen molar-refractivity contribution in [2.45, 2.75) is 0 Å². The number of rotatable bonds is 2. The van der Waals surface area contributed by atoms with E-state index in [1.807, 2.05) is 0 Å². The predicted octanol–water partition coefficient (Wildman–Crippen LogP) is 2.64. The number of nitrogens with zero attached hydrogens (tertiary/aromatic N) is 1. The van der Waals surface area contributed by atoms with Gasteiger partial charge < -0.3 is 9.94 Å². The Labute approximate surface area is 100 Å². The van der Waals surface area contributed by atoms with E-state index in [1.165, 1.54) is 12.1 Å². The molecular formula is C9H6Cl2FNO3. The minimum atomic E-state index is -0.998. The minimum Gasteiger partial charge on any atom is -0.465 e. The summed E-state index contributed by atoms with van der Waals surface area (Å²) in [4.78, 5) is 11.2. The highest BCUT2D eigenvalue weighted by atomic mass is 35.5. The van der Waals surface area contributed by atoms with Gasteiger partial charge >= 0.3 is 5.97 Å². The van der Waals surface area contributed by atoms with Crippen LogP contribution in [-0.4, -0.2) is 23.5 Å². The number of hydrogen-bond acceptors (Lipinski definition) is 4. The summed E-state index contributed by atoms with van der Waals surface area (Å²) in [5.74, 6) is -1.94. The standard InChI is InChI=1S/C9H6Cl2FNO3/c1-16-9(14)6-5(10)3-2-4(7(6)12)8(11)13-15/h2-3,15H,1H3/b13-8-. The molecule has 0 aliphatic heterocycles. The van der Waals surface area contributed by atoms with E-state index in [4.69, 9.17) is 28.4 Å². The number of esters is 1. The number of methoxy groups -OCH3 is 1. The van der Waals surface area contributed by atoms with E-state index < -0.39 is 22.5 Å². The first-order chi connectivity index (χ1) is 7.52. The number of oxime groups is 1. The van der Waals surface area contributed by atoms with Crippen molar-refractivity contribution in [3.63, 3.8) is 0 Å². The third-order valence-corrected chi connectivity index (χ3v) is 2.38. The van der Waals surface area contributed by atoms with Crippen molar-refractivity contribution in [1.82, 2.24) is 0 Å². The summed E-state index contributed by atoms with van der Waals surface area (Å²) >= 11 is 11.1. The zero-order valence-corrected chi connectivity index (χ0v) is 9.51. The fourth-order valence-corrected chi connectivity index (χ4v) is 1.42. The summed E-state index contributed by atoms with van der Waals surface area (Å²) in [5.41, 5.74) is -0.697. The van der Waals surface area contributed by atoms with Crippen molar-refractivity contribution in [2.24, 2.45) is 5.16 Å². The summed E-state index contributed by atoms with van der Waals surface area (Å²) in [6.07, 6.45) is 0. The molecule has 0 aliphatic carbocycles. The molecule has 0 heterocycles. The fourth-order valence-electron chi connectivity index (χ4n) is 1.05. The number of halogens is 3. The van der Waals surface area contributed by atoms with E-state index in [0.29, 0.717) is 0 Å². The highest BCUT2D eigenvalue weighted by Gasteiger charge is 2.21. The summed E-state index contributed by atoms with van der Waals surface area (Å²) < 4.78 is 18.1. The Bertz CT molecular complexity index is 462. The second-order valence-corrected chi connectivity index (χ2v) is 3.43. The Morgan fingerprint density at radius 1 is 1.56 bits per heavy atom. The molecule has 4 nitrogen and oxygen atoms in total. The van der Waals surface area contributed by atoms with Crippen molar-refractivity contribution in [2.75, 3.05) is 7.11 Å². The molecule has 1 rings (SSSR count). The second-order valence-electron chi connectivity index (χ2n) is 2.67. The molecular weight excluding hydrogens is 260 g/mol. The zero-order valence-electron chi connectivity index (χ0n) is 8.00. The molecule has 0 amide bonds. The lowest BCUT2D eigenvalue weighted by Gasteiger charge is -2.06. The summed E-state index contributed by atoms with van der Waals surface area (Å²) in [6.45, 7) is 0. The van der Waals surface area contributed by atoms with Crippen molar-refractivity contribution >= 4 is 34.3 Å². The normalized spacial score (nSPS) is 11.4. The maximum absolute atomic E-state index is 13.7. The first-order valence-corrected chi connectivity index (χ1v) is 4.72. The first-order valence-electron chi connectivity index (χ1n) is 3.97. The van der Waals surface area contributed by atoms with Gasteiger partial charge in [-0.1, -0.05) is 28.4 Å². The Kier molecular flexibility index (Phi) is 4.09. The molecule has 1 N–H and O–H groups in total. The molecule has 0 bridgehead atoms. The fraction of sp³-hybridized carbons (Fsp3) is 0.111. The van der Waals surface area contributed by atoms with Gasteiger partial charge in [-0.3, -0.25) is 0 Å². The van der Waals surface area contributed by atoms with E-state index in [2.05, 4.69) is 9.89 Å². The van der Waals surface area contributed by atoms with Gasteiger partial charge in [-0.25, -0.2) is 9.18 Å². The Morgan fingerprint density at radius 2 is 2.19 bits per heavy atom. The maximum atomic E-state index is 13.7. The van der Waals surface area contributed by atoms with Gasteiger partial charge in [0.05, 0.1) is 17.7 Å². The molecule has 1 aromatic rings. The first kappa shape index (κ1) is 12.7. The minimum absolute atomic E-state index is 0.115. The van der Waals surface area contributed by atoms with Gasteiger partial charge in [-0.15, -0.1) is 0 Å². The third kappa shape index (κ3) is 2.25. The molecule has 0 spiro atoms. The number of carbonyl (C=O) groups excluding carboxylic acids is 1. The van der Waals surface area contributed by atoms with Gasteiger partial charge in [-0.2, -0.15) is 0 Å². The highest BCUT2D eigenvalue weighted by Crippen LogP contribution is 2.24. The molecule has 0 unspecified atom stereocenters. The number of ether oxygens (including phenoxy) is 1. The second kappa shape index (κ2) is 5.14. The van der Waals surface area contributed by atoms with Crippen molar-refractivity contribution < 1.29 is 19.1 Å². The Morgan fingerprint density at radius 3 is 2.69 bits per heavy atom. The molecule has 0 aliphatic rings. The third-order valence-electron chi connectivity index (χ3n) is 1.79. The van der Waals surface area contributed by atoms with Crippen LogP contribution in [0.15, 0.2) is 17.3 Å². The van der Waals surface area contributed by atoms with E-state index in [-0.39, 0.29) is 10.6 Å². The van der Waals surface area contributed by atoms with Gasteiger partial charge in [0.15, 0.2) is 5.17 Å². The Hall–Kier alpha value is -1.33. The van der Waals surface area contributed by atoms with Crippen LogP contribution in [0, 0.1) is 5.82 Å². The van der Waals surface area contributed by atoms with Gasteiger partial charge in [0.1, 0.15) is 11.4 Å². The van der Waals surface area contributed by atoms with Crippen LogP contribution in [-0.2, 0) is 4.74 Å². The molecule has 0 aromatic heterocycles. The molecule has 0 saturated carbocycles. The lowest BCUT2D eigenvalue weighted by atomic mass is 10.1.